The Labute approximate surface area is 101 Å². The summed E-state index contributed by atoms with van der Waals surface area (Å²) in [6.07, 6.45) is 0.884. The van der Waals surface area contributed by atoms with Gasteiger partial charge in [0, 0.05) is 6.04 Å². The van der Waals surface area contributed by atoms with E-state index in [9.17, 15) is 4.39 Å². The van der Waals surface area contributed by atoms with E-state index in [1.54, 1.807) is 12.1 Å². The minimum Gasteiger partial charge on any atom is -0.380 e. The predicted molar refractivity (Wildman–Crippen MR) is 69.6 cm³/mol. The zero-order valence-electron chi connectivity index (χ0n) is 9.86. The number of hydrogen-bond acceptors (Lipinski definition) is 1. The van der Waals surface area contributed by atoms with Crippen molar-refractivity contribution in [2.45, 2.75) is 19.4 Å². The number of nitrogens with one attached hydrogen (secondary N) is 1. The van der Waals surface area contributed by atoms with E-state index in [1.165, 1.54) is 11.6 Å². The lowest BCUT2D eigenvalue weighted by atomic mass is 10.1. The second-order valence-corrected chi connectivity index (χ2v) is 4.21. The molecular weight excluding hydrogens is 213 g/mol. The van der Waals surface area contributed by atoms with Crippen LogP contribution in [0.3, 0.4) is 0 Å². The number of hydrogen-bond donors (Lipinski definition) is 1. The molecule has 0 heterocycles. The van der Waals surface area contributed by atoms with E-state index in [1.807, 2.05) is 24.3 Å². The smallest absolute Gasteiger partial charge is 0.146 e. The maximum Gasteiger partial charge on any atom is 0.146 e. The van der Waals surface area contributed by atoms with Gasteiger partial charge in [0.05, 0.1) is 5.69 Å². The largest absolute Gasteiger partial charge is 0.380 e. The highest BCUT2D eigenvalue weighted by molar-refractivity contribution is 5.45. The molecule has 0 saturated carbocycles. The lowest BCUT2D eigenvalue weighted by Crippen LogP contribution is -2.18. The first-order chi connectivity index (χ1) is 8.25. The summed E-state index contributed by atoms with van der Waals surface area (Å²) < 4.78 is 13.4. The third-order valence-corrected chi connectivity index (χ3v) is 2.66. The summed E-state index contributed by atoms with van der Waals surface area (Å²) in [5.41, 5.74) is 1.82. The molecule has 0 bridgehead atoms. The van der Waals surface area contributed by atoms with Crippen molar-refractivity contribution in [1.29, 1.82) is 0 Å². The third-order valence-electron chi connectivity index (χ3n) is 2.66. The predicted octanol–water partition coefficient (Wildman–Crippen LogP) is 3.87. The molecule has 0 saturated heterocycles. The molecule has 2 heteroatoms. The van der Waals surface area contributed by atoms with Crippen LogP contribution >= 0.6 is 0 Å². The summed E-state index contributed by atoms with van der Waals surface area (Å²) >= 11 is 0. The number of anilines is 1. The Kier molecular flexibility index (Phi) is 3.76. The summed E-state index contributed by atoms with van der Waals surface area (Å²) in [5.74, 6) is -0.201. The highest BCUT2D eigenvalue weighted by Crippen LogP contribution is 2.15. The summed E-state index contributed by atoms with van der Waals surface area (Å²) in [7, 11) is 0. The maximum absolute atomic E-state index is 13.4. The van der Waals surface area contributed by atoms with Crippen molar-refractivity contribution < 1.29 is 4.39 Å². The molecule has 0 spiro atoms. The molecule has 0 radical (unpaired) electrons. The summed E-state index contributed by atoms with van der Waals surface area (Å²) in [5, 5.41) is 3.18. The first-order valence-corrected chi connectivity index (χ1v) is 5.80. The fraction of sp³-hybridized carbons (Fsp3) is 0.200. The number of para-hydroxylation sites is 1. The van der Waals surface area contributed by atoms with Crippen molar-refractivity contribution in [2.24, 2.45) is 0 Å². The summed E-state index contributed by atoms with van der Waals surface area (Å²) in [4.78, 5) is 0. The fourth-order valence-corrected chi connectivity index (χ4v) is 1.86. The minimum absolute atomic E-state index is 0.201. The quantitative estimate of drug-likeness (QED) is 0.839. The van der Waals surface area contributed by atoms with Crippen LogP contribution < -0.4 is 5.32 Å². The molecule has 0 aromatic heterocycles. The minimum atomic E-state index is -0.201. The van der Waals surface area contributed by atoms with Crippen molar-refractivity contribution >= 4 is 5.69 Å². The van der Waals surface area contributed by atoms with E-state index in [4.69, 9.17) is 0 Å². The molecule has 1 nitrogen and oxygen atoms in total. The Morgan fingerprint density at radius 1 is 1.00 bits per heavy atom. The van der Waals surface area contributed by atoms with E-state index in [0.717, 1.165) is 6.42 Å². The maximum atomic E-state index is 13.4. The lowest BCUT2D eigenvalue weighted by molar-refractivity contribution is 0.626. The highest BCUT2D eigenvalue weighted by Gasteiger charge is 2.06. The van der Waals surface area contributed by atoms with E-state index in [2.05, 4.69) is 24.4 Å². The average Bonchev–Trinajstić information content (AvgIpc) is 2.33. The molecule has 0 amide bonds. The van der Waals surface area contributed by atoms with Crippen LogP contribution in [-0.4, -0.2) is 6.04 Å². The van der Waals surface area contributed by atoms with Gasteiger partial charge in [-0.2, -0.15) is 0 Å². The fourth-order valence-electron chi connectivity index (χ4n) is 1.86. The van der Waals surface area contributed by atoms with E-state index in [0.29, 0.717) is 5.69 Å². The zero-order valence-corrected chi connectivity index (χ0v) is 9.86. The molecule has 1 unspecified atom stereocenters. The van der Waals surface area contributed by atoms with Crippen LogP contribution in [0, 0.1) is 5.82 Å². The SMILES string of the molecule is CC(Cc1ccccc1)Nc1ccccc1F. The molecule has 1 N–H and O–H groups in total. The van der Waals surface area contributed by atoms with Gasteiger partial charge >= 0.3 is 0 Å². The van der Waals surface area contributed by atoms with E-state index < -0.39 is 0 Å². The first-order valence-electron chi connectivity index (χ1n) is 5.80. The Morgan fingerprint density at radius 3 is 2.35 bits per heavy atom. The van der Waals surface area contributed by atoms with Gasteiger partial charge in [-0.3, -0.25) is 0 Å². The number of benzene rings is 2. The van der Waals surface area contributed by atoms with Crippen LogP contribution in [0.2, 0.25) is 0 Å². The topological polar surface area (TPSA) is 12.0 Å². The van der Waals surface area contributed by atoms with Crippen LogP contribution in [0.4, 0.5) is 10.1 Å². The Balaban J connectivity index is 1.98. The summed E-state index contributed by atoms with van der Waals surface area (Å²) in [6, 6.07) is 17.2. The number of rotatable bonds is 4. The lowest BCUT2D eigenvalue weighted by Gasteiger charge is -2.15. The molecule has 0 fully saturated rings. The molecule has 0 aliphatic rings. The molecule has 17 heavy (non-hydrogen) atoms. The molecule has 0 aliphatic heterocycles. The van der Waals surface area contributed by atoms with E-state index in [-0.39, 0.29) is 11.9 Å². The van der Waals surface area contributed by atoms with Gasteiger partial charge in [-0.05, 0) is 31.0 Å². The molecule has 2 rings (SSSR count). The van der Waals surface area contributed by atoms with Crippen molar-refractivity contribution in [1.82, 2.24) is 0 Å². The van der Waals surface area contributed by atoms with Gasteiger partial charge in [-0.1, -0.05) is 42.5 Å². The normalized spacial score (nSPS) is 12.1. The third kappa shape index (κ3) is 3.31. The van der Waals surface area contributed by atoms with Crippen LogP contribution in [0.15, 0.2) is 54.6 Å². The van der Waals surface area contributed by atoms with Crippen molar-refractivity contribution in [2.75, 3.05) is 5.32 Å². The van der Waals surface area contributed by atoms with Crippen molar-refractivity contribution in [3.8, 4) is 0 Å². The van der Waals surface area contributed by atoms with Crippen molar-refractivity contribution in [3.05, 3.63) is 66.0 Å². The second kappa shape index (κ2) is 5.48. The average molecular weight is 229 g/mol. The highest BCUT2D eigenvalue weighted by atomic mass is 19.1. The van der Waals surface area contributed by atoms with E-state index >= 15 is 0 Å². The molecule has 88 valence electrons. The molecule has 2 aromatic carbocycles. The van der Waals surface area contributed by atoms with Crippen LogP contribution in [0.1, 0.15) is 12.5 Å². The van der Waals surface area contributed by atoms with Gasteiger partial charge in [0.1, 0.15) is 5.82 Å². The van der Waals surface area contributed by atoms with Gasteiger partial charge in [0.15, 0.2) is 0 Å². The first kappa shape index (κ1) is 11.6. The van der Waals surface area contributed by atoms with Gasteiger partial charge < -0.3 is 5.32 Å². The monoisotopic (exact) mass is 229 g/mol. The van der Waals surface area contributed by atoms with Gasteiger partial charge in [0.25, 0.3) is 0 Å². The second-order valence-electron chi connectivity index (χ2n) is 4.21. The van der Waals surface area contributed by atoms with Gasteiger partial charge in [-0.25, -0.2) is 4.39 Å². The van der Waals surface area contributed by atoms with Crippen LogP contribution in [-0.2, 0) is 6.42 Å². The van der Waals surface area contributed by atoms with Gasteiger partial charge in [-0.15, -0.1) is 0 Å². The standard InChI is InChI=1S/C15H16FN/c1-12(11-13-7-3-2-4-8-13)17-15-10-6-5-9-14(15)16/h2-10,12,17H,11H2,1H3. The van der Waals surface area contributed by atoms with Crippen LogP contribution in [0.5, 0.6) is 0 Å². The van der Waals surface area contributed by atoms with Gasteiger partial charge in [0.2, 0.25) is 0 Å². The Morgan fingerprint density at radius 2 is 1.65 bits per heavy atom. The molecular formula is C15H16FN. The Hall–Kier alpha value is -1.83. The Bertz CT molecular complexity index is 467. The zero-order chi connectivity index (χ0) is 12.1. The molecule has 0 aliphatic carbocycles. The molecule has 1 atom stereocenters. The summed E-state index contributed by atoms with van der Waals surface area (Å²) in [6.45, 7) is 2.06. The van der Waals surface area contributed by atoms with Crippen molar-refractivity contribution in [3.63, 3.8) is 0 Å². The number of halogens is 1. The molecule has 2 aromatic rings. The van der Waals surface area contributed by atoms with Crippen LogP contribution in [0.25, 0.3) is 0 Å².